The molecule has 0 radical (unpaired) electrons. The van der Waals surface area contributed by atoms with Gasteiger partial charge in [0.15, 0.2) is 12.4 Å². The van der Waals surface area contributed by atoms with Crippen LogP contribution in [0.25, 0.3) is 0 Å². The maximum atomic E-state index is 13.1. The van der Waals surface area contributed by atoms with Gasteiger partial charge in [-0.3, -0.25) is 9.59 Å². The molecular formula is C22H27N5O3. The number of likely N-dealkylation sites (tertiary alicyclic amines) is 1. The number of carbonyl (C=O) groups is 2. The Balaban J connectivity index is 1.30. The number of benzene rings is 1. The van der Waals surface area contributed by atoms with Crippen molar-refractivity contribution in [1.29, 1.82) is 0 Å². The normalized spacial score (nSPS) is 21.1. The zero-order chi connectivity index (χ0) is 20.5. The number of rotatable bonds is 4. The van der Waals surface area contributed by atoms with Crippen LogP contribution in [-0.4, -0.2) is 51.2 Å². The van der Waals surface area contributed by atoms with Crippen molar-refractivity contribution in [3.63, 3.8) is 0 Å². The van der Waals surface area contributed by atoms with Crippen molar-refractivity contribution in [2.24, 2.45) is 0 Å². The Morgan fingerprint density at radius 2 is 2.00 bits per heavy atom. The van der Waals surface area contributed by atoms with Crippen molar-refractivity contribution in [3.05, 3.63) is 35.9 Å². The van der Waals surface area contributed by atoms with Crippen LogP contribution in [0.15, 0.2) is 24.3 Å². The molecule has 0 spiro atoms. The first-order valence-electron chi connectivity index (χ1n) is 11.0. The Morgan fingerprint density at radius 1 is 1.10 bits per heavy atom. The molecule has 5 rings (SSSR count). The van der Waals surface area contributed by atoms with Gasteiger partial charge in [0, 0.05) is 32.5 Å². The summed E-state index contributed by atoms with van der Waals surface area (Å²) in [6.07, 6.45) is 6.65. The van der Waals surface area contributed by atoms with E-state index < -0.39 is 0 Å². The highest BCUT2D eigenvalue weighted by Gasteiger charge is 2.35. The summed E-state index contributed by atoms with van der Waals surface area (Å²) in [4.78, 5) is 29.2. The molecule has 1 atom stereocenters. The SMILES string of the molecule is O=C1COc2ccccc2N1CCC(=O)N1CCC[C@H]1c1nnc2n1CCCCC2. The van der Waals surface area contributed by atoms with Crippen LogP contribution in [0.2, 0.25) is 0 Å². The van der Waals surface area contributed by atoms with Crippen molar-refractivity contribution >= 4 is 17.5 Å². The number of amides is 2. The van der Waals surface area contributed by atoms with Crippen LogP contribution >= 0.6 is 0 Å². The van der Waals surface area contributed by atoms with Crippen molar-refractivity contribution in [2.75, 3.05) is 24.6 Å². The zero-order valence-corrected chi connectivity index (χ0v) is 17.1. The van der Waals surface area contributed by atoms with Gasteiger partial charge in [-0.2, -0.15) is 0 Å². The van der Waals surface area contributed by atoms with Crippen LogP contribution in [0.5, 0.6) is 5.75 Å². The molecule has 3 aliphatic rings. The molecule has 2 amide bonds. The zero-order valence-electron chi connectivity index (χ0n) is 17.1. The Hall–Kier alpha value is -2.90. The van der Waals surface area contributed by atoms with E-state index in [2.05, 4.69) is 14.8 Å². The van der Waals surface area contributed by atoms with Crippen molar-refractivity contribution in [2.45, 2.75) is 57.5 Å². The van der Waals surface area contributed by atoms with Crippen molar-refractivity contribution in [1.82, 2.24) is 19.7 Å². The number of hydrogen-bond donors (Lipinski definition) is 0. The second-order valence-corrected chi connectivity index (χ2v) is 8.23. The van der Waals surface area contributed by atoms with Gasteiger partial charge in [0.05, 0.1) is 11.7 Å². The third kappa shape index (κ3) is 3.44. The average molecular weight is 409 g/mol. The van der Waals surface area contributed by atoms with E-state index in [1.54, 1.807) is 4.90 Å². The van der Waals surface area contributed by atoms with Crippen LogP contribution in [-0.2, 0) is 22.6 Å². The maximum absolute atomic E-state index is 13.1. The molecule has 0 saturated carbocycles. The van der Waals surface area contributed by atoms with Gasteiger partial charge in [0.1, 0.15) is 11.6 Å². The lowest BCUT2D eigenvalue weighted by Gasteiger charge is -2.30. The predicted molar refractivity (Wildman–Crippen MR) is 110 cm³/mol. The summed E-state index contributed by atoms with van der Waals surface area (Å²) in [7, 11) is 0. The summed E-state index contributed by atoms with van der Waals surface area (Å²) in [6.45, 7) is 2.05. The molecule has 1 saturated heterocycles. The average Bonchev–Trinajstić information content (AvgIpc) is 3.33. The molecule has 1 aromatic heterocycles. The molecule has 8 nitrogen and oxygen atoms in total. The number of para-hydroxylation sites is 2. The molecule has 0 aliphatic carbocycles. The Labute approximate surface area is 175 Å². The van der Waals surface area contributed by atoms with Gasteiger partial charge in [-0.05, 0) is 37.8 Å². The summed E-state index contributed by atoms with van der Waals surface area (Å²) in [5.41, 5.74) is 0.738. The Bertz CT molecular complexity index is 956. The van der Waals surface area contributed by atoms with E-state index in [9.17, 15) is 9.59 Å². The molecular weight excluding hydrogens is 382 g/mol. The fourth-order valence-corrected chi connectivity index (χ4v) is 4.84. The number of aromatic nitrogens is 3. The van der Waals surface area contributed by atoms with Crippen molar-refractivity contribution in [3.8, 4) is 5.75 Å². The van der Waals surface area contributed by atoms with Crippen LogP contribution in [0.1, 0.15) is 56.2 Å². The number of anilines is 1. The standard InChI is InChI=1S/C22H27N5O3/c28-20(11-14-26-16-7-3-4-9-18(16)30-15-21(26)29)25-13-6-8-17(25)22-24-23-19-10-2-1-5-12-27(19)22/h3-4,7,9,17H,1-2,5-6,8,10-15H2/t17-/m0/s1. The summed E-state index contributed by atoms with van der Waals surface area (Å²) in [5.74, 6) is 2.64. The maximum Gasteiger partial charge on any atom is 0.265 e. The third-order valence-electron chi connectivity index (χ3n) is 6.37. The molecule has 2 aromatic rings. The van der Waals surface area contributed by atoms with E-state index >= 15 is 0 Å². The fraction of sp³-hybridized carbons (Fsp3) is 0.545. The predicted octanol–water partition coefficient (Wildman–Crippen LogP) is 2.48. The van der Waals surface area contributed by atoms with Crippen LogP contribution in [0.3, 0.4) is 0 Å². The van der Waals surface area contributed by atoms with Gasteiger partial charge in [-0.1, -0.05) is 18.6 Å². The minimum atomic E-state index is -0.109. The summed E-state index contributed by atoms with van der Waals surface area (Å²) in [5, 5.41) is 8.90. The molecule has 0 N–H and O–H groups in total. The lowest BCUT2D eigenvalue weighted by Crippen LogP contribution is -2.41. The minimum Gasteiger partial charge on any atom is -0.482 e. The first kappa shape index (κ1) is 19.1. The van der Waals surface area contributed by atoms with Gasteiger partial charge < -0.3 is 19.1 Å². The highest BCUT2D eigenvalue weighted by molar-refractivity contribution is 5.98. The molecule has 4 heterocycles. The highest BCUT2D eigenvalue weighted by atomic mass is 16.5. The Morgan fingerprint density at radius 3 is 2.93 bits per heavy atom. The van der Waals surface area contributed by atoms with Gasteiger partial charge in [-0.15, -0.1) is 10.2 Å². The number of hydrogen-bond acceptors (Lipinski definition) is 5. The number of carbonyl (C=O) groups excluding carboxylic acids is 2. The second-order valence-electron chi connectivity index (χ2n) is 8.23. The van der Waals surface area contributed by atoms with E-state index in [-0.39, 0.29) is 30.9 Å². The fourth-order valence-electron chi connectivity index (χ4n) is 4.84. The summed E-state index contributed by atoms with van der Waals surface area (Å²) in [6, 6.07) is 7.47. The molecule has 30 heavy (non-hydrogen) atoms. The number of nitrogens with zero attached hydrogens (tertiary/aromatic N) is 5. The van der Waals surface area contributed by atoms with E-state index in [0.29, 0.717) is 12.3 Å². The van der Waals surface area contributed by atoms with E-state index in [4.69, 9.17) is 4.74 Å². The number of ether oxygens (including phenoxy) is 1. The van der Waals surface area contributed by atoms with Crippen LogP contribution in [0, 0.1) is 0 Å². The van der Waals surface area contributed by atoms with Gasteiger partial charge in [-0.25, -0.2) is 0 Å². The largest absolute Gasteiger partial charge is 0.482 e. The molecule has 158 valence electrons. The van der Waals surface area contributed by atoms with Crippen LogP contribution in [0.4, 0.5) is 5.69 Å². The lowest BCUT2D eigenvalue weighted by atomic mass is 10.2. The molecule has 1 fully saturated rings. The molecule has 8 heteroatoms. The van der Waals surface area contributed by atoms with Gasteiger partial charge in [0.25, 0.3) is 5.91 Å². The van der Waals surface area contributed by atoms with Crippen molar-refractivity contribution < 1.29 is 14.3 Å². The summed E-state index contributed by atoms with van der Waals surface area (Å²) >= 11 is 0. The molecule has 0 unspecified atom stereocenters. The smallest absolute Gasteiger partial charge is 0.265 e. The first-order valence-corrected chi connectivity index (χ1v) is 11.0. The molecule has 3 aliphatic heterocycles. The topological polar surface area (TPSA) is 80.6 Å². The van der Waals surface area contributed by atoms with E-state index in [0.717, 1.165) is 62.5 Å². The highest BCUT2D eigenvalue weighted by Crippen LogP contribution is 2.34. The molecule has 0 bridgehead atoms. The summed E-state index contributed by atoms with van der Waals surface area (Å²) < 4.78 is 7.74. The monoisotopic (exact) mass is 409 g/mol. The minimum absolute atomic E-state index is 0.00970. The van der Waals surface area contributed by atoms with E-state index in [1.807, 2.05) is 29.2 Å². The quantitative estimate of drug-likeness (QED) is 0.775. The Kier molecular flexibility index (Phi) is 5.14. The second kappa shape index (κ2) is 8.08. The molecule has 1 aromatic carbocycles. The van der Waals surface area contributed by atoms with Crippen LogP contribution < -0.4 is 9.64 Å². The number of aryl methyl sites for hydroxylation is 1. The van der Waals surface area contributed by atoms with Gasteiger partial charge in [0.2, 0.25) is 5.91 Å². The third-order valence-corrected chi connectivity index (χ3v) is 6.37. The van der Waals surface area contributed by atoms with E-state index in [1.165, 1.54) is 6.42 Å². The number of fused-ring (bicyclic) bond motifs is 2. The van der Waals surface area contributed by atoms with Gasteiger partial charge >= 0.3 is 0 Å². The lowest BCUT2D eigenvalue weighted by molar-refractivity contribution is -0.132. The first-order chi connectivity index (χ1) is 14.7.